The van der Waals surface area contributed by atoms with Gasteiger partial charge in [0.15, 0.2) is 0 Å². The van der Waals surface area contributed by atoms with Crippen LogP contribution in [0.15, 0.2) is 6.07 Å². The number of aryl methyl sites for hydroxylation is 1. The summed E-state index contributed by atoms with van der Waals surface area (Å²) in [5, 5.41) is 0. The molecule has 3 heteroatoms. The zero-order chi connectivity index (χ0) is 9.68. The van der Waals surface area contributed by atoms with E-state index in [9.17, 15) is 0 Å². The average Bonchev–Trinajstić information content (AvgIpc) is 2.39. The average molecular weight is 329 g/mol. The molecule has 1 aromatic rings. The summed E-state index contributed by atoms with van der Waals surface area (Å²) in [5.74, 6) is 0. The Bertz CT molecular complexity index is 257. The van der Waals surface area contributed by atoms with Crippen molar-refractivity contribution < 1.29 is 0 Å². The fraction of sp³-hybridized carbons (Fsp3) is 0.600. The maximum atomic E-state index is 6.07. The van der Waals surface area contributed by atoms with E-state index in [4.69, 9.17) is 11.6 Å². The van der Waals surface area contributed by atoms with Crippen molar-refractivity contribution in [2.24, 2.45) is 0 Å². The van der Waals surface area contributed by atoms with Gasteiger partial charge in [-0.1, -0.05) is 37.8 Å². The van der Waals surface area contributed by atoms with Crippen LogP contribution >= 0.6 is 45.5 Å². The van der Waals surface area contributed by atoms with E-state index in [1.54, 1.807) is 11.3 Å². The Kier molecular flexibility index (Phi) is 5.67. The van der Waals surface area contributed by atoms with Crippen LogP contribution in [0.3, 0.4) is 0 Å². The van der Waals surface area contributed by atoms with Gasteiger partial charge in [-0.15, -0.1) is 11.3 Å². The number of thiophene rings is 1. The Labute approximate surface area is 103 Å². The Morgan fingerprint density at radius 1 is 1.38 bits per heavy atom. The van der Waals surface area contributed by atoms with Gasteiger partial charge in [0.1, 0.15) is 0 Å². The molecule has 0 bridgehead atoms. The molecule has 0 aliphatic rings. The second-order valence-corrected chi connectivity index (χ2v) is 6.71. The highest BCUT2D eigenvalue weighted by Crippen LogP contribution is 2.29. The number of unbranched alkanes of at least 4 members (excludes halogenated alkanes) is 3. The molecule has 13 heavy (non-hydrogen) atoms. The summed E-state index contributed by atoms with van der Waals surface area (Å²) in [7, 11) is 0. The number of hydrogen-bond acceptors (Lipinski definition) is 1. The van der Waals surface area contributed by atoms with Crippen molar-refractivity contribution in [3.05, 3.63) is 18.9 Å². The van der Waals surface area contributed by atoms with E-state index in [0.29, 0.717) is 0 Å². The molecule has 0 spiro atoms. The molecule has 1 heterocycles. The van der Waals surface area contributed by atoms with E-state index in [1.807, 2.05) is 0 Å². The minimum absolute atomic E-state index is 0.987. The van der Waals surface area contributed by atoms with Gasteiger partial charge in [-0.3, -0.25) is 0 Å². The largest absolute Gasteiger partial charge is 0.117 e. The van der Waals surface area contributed by atoms with Gasteiger partial charge in [0, 0.05) is 0 Å². The second-order valence-electron chi connectivity index (χ2n) is 3.16. The molecule has 0 fully saturated rings. The zero-order valence-electron chi connectivity index (χ0n) is 7.78. The Hall–Kier alpha value is 0.720. The Balaban J connectivity index is 2.32. The molecule has 0 aliphatic heterocycles. The first-order valence-electron chi connectivity index (χ1n) is 4.67. The standard InChI is InChI=1S/C10H14ClIS/c1-2-3-4-5-6-8-7-9(12)13-10(8)11/h7H,2-6H2,1H3. The summed E-state index contributed by atoms with van der Waals surface area (Å²) >= 11 is 10.1. The predicted molar refractivity (Wildman–Crippen MR) is 69.9 cm³/mol. The molecule has 1 rings (SSSR count). The van der Waals surface area contributed by atoms with Crippen molar-refractivity contribution in [3.8, 4) is 0 Å². The van der Waals surface area contributed by atoms with E-state index in [0.717, 1.165) is 10.8 Å². The number of rotatable bonds is 5. The number of halogens is 2. The van der Waals surface area contributed by atoms with Gasteiger partial charge in [0.05, 0.1) is 7.22 Å². The molecule has 0 N–H and O–H groups in total. The Morgan fingerprint density at radius 2 is 2.15 bits per heavy atom. The van der Waals surface area contributed by atoms with Crippen molar-refractivity contribution in [3.63, 3.8) is 0 Å². The third kappa shape index (κ3) is 4.17. The van der Waals surface area contributed by atoms with Crippen LogP contribution in [0.25, 0.3) is 0 Å². The lowest BCUT2D eigenvalue weighted by Gasteiger charge is -1.97. The van der Waals surface area contributed by atoms with Gasteiger partial charge in [-0.2, -0.15) is 0 Å². The molecule has 74 valence electrons. The lowest BCUT2D eigenvalue weighted by atomic mass is 10.1. The van der Waals surface area contributed by atoms with Crippen LogP contribution in [0.2, 0.25) is 4.34 Å². The van der Waals surface area contributed by atoms with Crippen LogP contribution < -0.4 is 0 Å². The van der Waals surface area contributed by atoms with E-state index in [1.165, 1.54) is 34.1 Å². The van der Waals surface area contributed by atoms with Gasteiger partial charge < -0.3 is 0 Å². The minimum atomic E-state index is 0.987. The lowest BCUT2D eigenvalue weighted by molar-refractivity contribution is 0.667. The fourth-order valence-corrected chi connectivity index (χ4v) is 3.78. The van der Waals surface area contributed by atoms with Gasteiger partial charge in [-0.25, -0.2) is 0 Å². The molecule has 0 saturated heterocycles. The van der Waals surface area contributed by atoms with Gasteiger partial charge in [0.2, 0.25) is 0 Å². The van der Waals surface area contributed by atoms with Crippen LogP contribution in [0.1, 0.15) is 38.2 Å². The maximum absolute atomic E-state index is 6.07. The van der Waals surface area contributed by atoms with E-state index in [-0.39, 0.29) is 0 Å². The highest BCUT2D eigenvalue weighted by Gasteiger charge is 2.04. The summed E-state index contributed by atoms with van der Waals surface area (Å²) < 4.78 is 2.29. The maximum Gasteiger partial charge on any atom is 0.0971 e. The third-order valence-corrected chi connectivity index (χ3v) is 4.23. The zero-order valence-corrected chi connectivity index (χ0v) is 11.5. The minimum Gasteiger partial charge on any atom is -0.117 e. The first kappa shape index (κ1) is 11.8. The summed E-state index contributed by atoms with van der Waals surface area (Å²) in [5.41, 5.74) is 1.34. The second kappa shape index (κ2) is 6.25. The van der Waals surface area contributed by atoms with Crippen LogP contribution in [0.5, 0.6) is 0 Å². The smallest absolute Gasteiger partial charge is 0.0971 e. The predicted octanol–water partition coefficient (Wildman–Crippen LogP) is 5.13. The van der Waals surface area contributed by atoms with Gasteiger partial charge >= 0.3 is 0 Å². The van der Waals surface area contributed by atoms with Gasteiger partial charge in [0.25, 0.3) is 0 Å². The molecular formula is C10H14ClIS. The molecule has 0 amide bonds. The molecule has 0 atom stereocenters. The third-order valence-electron chi connectivity index (χ3n) is 2.03. The van der Waals surface area contributed by atoms with Gasteiger partial charge in [-0.05, 0) is 47.1 Å². The quantitative estimate of drug-likeness (QED) is 0.519. The molecule has 0 unspecified atom stereocenters. The lowest BCUT2D eigenvalue weighted by Crippen LogP contribution is -1.83. The highest BCUT2D eigenvalue weighted by atomic mass is 127. The normalized spacial score (nSPS) is 10.7. The summed E-state index contributed by atoms with van der Waals surface area (Å²) in [6.07, 6.45) is 6.41. The first-order chi connectivity index (χ1) is 6.24. The molecule has 0 radical (unpaired) electrons. The van der Waals surface area contributed by atoms with Crippen molar-refractivity contribution in [1.29, 1.82) is 0 Å². The van der Waals surface area contributed by atoms with Crippen LogP contribution in [-0.4, -0.2) is 0 Å². The SMILES string of the molecule is CCCCCCc1cc(I)sc1Cl. The summed E-state index contributed by atoms with van der Waals surface area (Å²) in [6.45, 7) is 2.24. The van der Waals surface area contributed by atoms with E-state index in [2.05, 4.69) is 35.6 Å². The molecule has 0 saturated carbocycles. The van der Waals surface area contributed by atoms with Crippen molar-refractivity contribution in [2.45, 2.75) is 39.0 Å². The monoisotopic (exact) mass is 328 g/mol. The van der Waals surface area contributed by atoms with Crippen LogP contribution in [-0.2, 0) is 6.42 Å². The highest BCUT2D eigenvalue weighted by molar-refractivity contribution is 14.1. The molecule has 0 aliphatic carbocycles. The van der Waals surface area contributed by atoms with Crippen molar-refractivity contribution in [2.75, 3.05) is 0 Å². The molecule has 0 nitrogen and oxygen atoms in total. The van der Waals surface area contributed by atoms with Crippen LogP contribution in [0.4, 0.5) is 0 Å². The molecule has 1 aromatic heterocycles. The summed E-state index contributed by atoms with van der Waals surface area (Å²) in [6, 6.07) is 2.21. The fourth-order valence-electron chi connectivity index (χ4n) is 1.29. The van der Waals surface area contributed by atoms with E-state index >= 15 is 0 Å². The topological polar surface area (TPSA) is 0 Å². The molecular weight excluding hydrogens is 315 g/mol. The number of hydrogen-bond donors (Lipinski definition) is 0. The van der Waals surface area contributed by atoms with Crippen molar-refractivity contribution >= 4 is 45.5 Å². The first-order valence-corrected chi connectivity index (χ1v) is 6.95. The van der Waals surface area contributed by atoms with Crippen molar-refractivity contribution in [1.82, 2.24) is 0 Å². The Morgan fingerprint density at radius 3 is 2.69 bits per heavy atom. The summed E-state index contributed by atoms with van der Waals surface area (Å²) in [4.78, 5) is 0. The van der Waals surface area contributed by atoms with E-state index < -0.39 is 0 Å². The van der Waals surface area contributed by atoms with Crippen LogP contribution in [0, 0.1) is 2.88 Å². The molecule has 0 aromatic carbocycles.